The van der Waals surface area contributed by atoms with E-state index in [-0.39, 0.29) is 0 Å². The fraction of sp³-hybridized carbons (Fsp3) is 0.103. The highest BCUT2D eigenvalue weighted by atomic mass is 14.2. The van der Waals surface area contributed by atoms with E-state index in [0.29, 0.717) is 0 Å². The molecule has 5 aromatic carbocycles. The molecule has 5 aromatic rings. The fourth-order valence-electron chi connectivity index (χ4n) is 4.65. The van der Waals surface area contributed by atoms with Crippen molar-refractivity contribution in [2.75, 3.05) is 0 Å². The van der Waals surface area contributed by atoms with Crippen LogP contribution < -0.4 is 0 Å². The molecule has 29 heavy (non-hydrogen) atoms. The molecule has 0 heteroatoms. The van der Waals surface area contributed by atoms with Crippen LogP contribution in [-0.2, 0) is 0 Å². The summed E-state index contributed by atoms with van der Waals surface area (Å²) in [6.07, 6.45) is 0. The molecule has 0 aliphatic rings. The first-order valence-electron chi connectivity index (χ1n) is 10.2. The van der Waals surface area contributed by atoms with Crippen LogP contribution in [0.25, 0.3) is 43.8 Å². The van der Waals surface area contributed by atoms with Crippen molar-refractivity contribution < 1.29 is 0 Å². The number of hydrogen-bond donors (Lipinski definition) is 0. The summed E-state index contributed by atoms with van der Waals surface area (Å²) in [7, 11) is 0. The predicted molar refractivity (Wildman–Crippen MR) is 127 cm³/mol. The Balaban J connectivity index is 1.84. The van der Waals surface area contributed by atoms with Crippen LogP contribution in [0.1, 0.15) is 16.7 Å². The molecule has 0 heterocycles. The van der Waals surface area contributed by atoms with Gasteiger partial charge in [-0.25, -0.2) is 0 Å². The highest BCUT2D eigenvalue weighted by Gasteiger charge is 2.15. The van der Waals surface area contributed by atoms with Crippen molar-refractivity contribution in [1.82, 2.24) is 0 Å². The number of aryl methyl sites for hydroxylation is 2. The second-order valence-corrected chi connectivity index (χ2v) is 7.94. The molecule has 5 rings (SSSR count). The van der Waals surface area contributed by atoms with Crippen LogP contribution >= 0.6 is 0 Å². The monoisotopic (exact) mass is 372 g/mol. The lowest BCUT2D eigenvalue weighted by Gasteiger charge is -2.18. The Morgan fingerprint density at radius 2 is 0.862 bits per heavy atom. The summed E-state index contributed by atoms with van der Waals surface area (Å²) >= 11 is 0. The zero-order valence-electron chi connectivity index (χ0n) is 17.2. The Labute approximate surface area is 172 Å². The number of hydrogen-bond acceptors (Lipinski definition) is 0. The molecule has 0 unspecified atom stereocenters. The third kappa shape index (κ3) is 2.84. The third-order valence-corrected chi connectivity index (χ3v) is 6.15. The Bertz CT molecular complexity index is 1270. The van der Waals surface area contributed by atoms with Crippen molar-refractivity contribution in [3.05, 3.63) is 108 Å². The first-order valence-corrected chi connectivity index (χ1v) is 10.2. The lowest BCUT2D eigenvalue weighted by atomic mass is 9.85. The van der Waals surface area contributed by atoms with Gasteiger partial charge in [-0.05, 0) is 81.3 Å². The van der Waals surface area contributed by atoms with Crippen molar-refractivity contribution >= 4 is 21.5 Å². The summed E-state index contributed by atoms with van der Waals surface area (Å²) in [6, 6.07) is 33.1. The van der Waals surface area contributed by atoms with Gasteiger partial charge in [0.2, 0.25) is 0 Å². The first kappa shape index (κ1) is 17.7. The summed E-state index contributed by atoms with van der Waals surface area (Å²) in [4.78, 5) is 0. The van der Waals surface area contributed by atoms with Gasteiger partial charge in [0.05, 0.1) is 0 Å². The van der Waals surface area contributed by atoms with E-state index in [9.17, 15) is 0 Å². The lowest BCUT2D eigenvalue weighted by Crippen LogP contribution is -1.94. The molecule has 0 fully saturated rings. The van der Waals surface area contributed by atoms with Crippen LogP contribution in [-0.4, -0.2) is 0 Å². The van der Waals surface area contributed by atoms with Gasteiger partial charge in [-0.15, -0.1) is 0 Å². The highest BCUT2D eigenvalue weighted by molar-refractivity contribution is 6.03. The fourth-order valence-corrected chi connectivity index (χ4v) is 4.65. The Hall–Kier alpha value is -3.38. The van der Waals surface area contributed by atoms with Gasteiger partial charge in [0.25, 0.3) is 0 Å². The molecule has 0 bridgehead atoms. The molecule has 0 saturated heterocycles. The van der Waals surface area contributed by atoms with Gasteiger partial charge in [0, 0.05) is 0 Å². The first-order chi connectivity index (χ1) is 14.1. The van der Waals surface area contributed by atoms with Gasteiger partial charge in [-0.2, -0.15) is 0 Å². The van der Waals surface area contributed by atoms with Crippen molar-refractivity contribution in [2.24, 2.45) is 0 Å². The molecule has 0 atom stereocenters. The zero-order valence-corrected chi connectivity index (χ0v) is 17.2. The molecule has 0 nitrogen and oxygen atoms in total. The van der Waals surface area contributed by atoms with Gasteiger partial charge in [-0.3, -0.25) is 0 Å². The maximum absolute atomic E-state index is 2.27. The summed E-state index contributed by atoms with van der Waals surface area (Å²) in [5, 5.41) is 5.23. The quantitative estimate of drug-likeness (QED) is 0.292. The normalized spacial score (nSPS) is 11.3. The van der Waals surface area contributed by atoms with Gasteiger partial charge in [-0.1, -0.05) is 91.0 Å². The Morgan fingerprint density at radius 1 is 0.414 bits per heavy atom. The van der Waals surface area contributed by atoms with Crippen molar-refractivity contribution in [3.63, 3.8) is 0 Å². The molecule has 0 radical (unpaired) electrons. The molecule has 140 valence electrons. The van der Waals surface area contributed by atoms with E-state index in [2.05, 4.69) is 112 Å². The maximum atomic E-state index is 2.27. The summed E-state index contributed by atoms with van der Waals surface area (Å²) in [5.74, 6) is 0. The second-order valence-electron chi connectivity index (χ2n) is 7.94. The molecular weight excluding hydrogens is 348 g/mol. The van der Waals surface area contributed by atoms with Crippen LogP contribution in [0, 0.1) is 20.8 Å². The van der Waals surface area contributed by atoms with E-state index in [1.165, 1.54) is 60.5 Å². The maximum Gasteiger partial charge on any atom is -0.00732 e. The van der Waals surface area contributed by atoms with E-state index in [1.54, 1.807) is 0 Å². The van der Waals surface area contributed by atoms with Gasteiger partial charge in [0.15, 0.2) is 0 Å². The van der Waals surface area contributed by atoms with E-state index in [4.69, 9.17) is 0 Å². The van der Waals surface area contributed by atoms with E-state index in [0.717, 1.165) is 0 Å². The number of rotatable bonds is 2. The SMILES string of the molecule is Cc1ccc2ccccc2c1-c1cccc(-c2c(C)ccc3ccccc23)c1C. The minimum atomic E-state index is 1.29. The van der Waals surface area contributed by atoms with E-state index >= 15 is 0 Å². The average molecular weight is 373 g/mol. The number of benzene rings is 5. The topological polar surface area (TPSA) is 0 Å². The molecule has 0 aromatic heterocycles. The minimum absolute atomic E-state index is 1.29. The smallest absolute Gasteiger partial charge is 0.00732 e. The Morgan fingerprint density at radius 3 is 1.34 bits per heavy atom. The summed E-state index contributed by atoms with van der Waals surface area (Å²) < 4.78 is 0. The average Bonchev–Trinajstić information content (AvgIpc) is 2.75. The van der Waals surface area contributed by atoms with Crippen molar-refractivity contribution in [3.8, 4) is 22.3 Å². The molecule has 0 N–H and O–H groups in total. The summed E-state index contributed by atoms with van der Waals surface area (Å²) in [5.41, 5.74) is 9.32. The third-order valence-electron chi connectivity index (χ3n) is 6.15. The van der Waals surface area contributed by atoms with E-state index < -0.39 is 0 Å². The van der Waals surface area contributed by atoms with Crippen molar-refractivity contribution in [2.45, 2.75) is 20.8 Å². The van der Waals surface area contributed by atoms with Crippen LogP contribution in [0.4, 0.5) is 0 Å². The van der Waals surface area contributed by atoms with Gasteiger partial charge < -0.3 is 0 Å². The lowest BCUT2D eigenvalue weighted by molar-refractivity contribution is 1.40. The van der Waals surface area contributed by atoms with Gasteiger partial charge in [0.1, 0.15) is 0 Å². The minimum Gasteiger partial charge on any atom is -0.0616 e. The van der Waals surface area contributed by atoms with Crippen LogP contribution in [0.3, 0.4) is 0 Å². The molecule has 0 spiro atoms. The molecule has 0 aliphatic carbocycles. The largest absolute Gasteiger partial charge is 0.0616 e. The molecule has 0 amide bonds. The van der Waals surface area contributed by atoms with Crippen LogP contribution in [0.15, 0.2) is 91.0 Å². The Kier molecular flexibility index (Phi) is 4.21. The molecule has 0 aliphatic heterocycles. The standard InChI is InChI=1S/C29H24/c1-19-15-17-22-9-4-6-11-26(22)28(19)24-13-8-14-25(21(24)3)29-20(2)16-18-23-10-5-7-12-27(23)29/h4-18H,1-3H3. The summed E-state index contributed by atoms with van der Waals surface area (Å²) in [6.45, 7) is 6.71. The van der Waals surface area contributed by atoms with Gasteiger partial charge >= 0.3 is 0 Å². The molecular formula is C29H24. The second kappa shape index (κ2) is 6.90. The van der Waals surface area contributed by atoms with Crippen LogP contribution in [0.2, 0.25) is 0 Å². The molecule has 0 saturated carbocycles. The van der Waals surface area contributed by atoms with Crippen molar-refractivity contribution in [1.29, 1.82) is 0 Å². The van der Waals surface area contributed by atoms with E-state index in [1.807, 2.05) is 0 Å². The zero-order chi connectivity index (χ0) is 20.0. The van der Waals surface area contributed by atoms with Crippen LogP contribution in [0.5, 0.6) is 0 Å². The predicted octanol–water partition coefficient (Wildman–Crippen LogP) is 8.25. The number of fused-ring (bicyclic) bond motifs is 2. The highest BCUT2D eigenvalue weighted by Crippen LogP contribution is 2.40.